The van der Waals surface area contributed by atoms with E-state index in [0.29, 0.717) is 0 Å². The molecule has 18 heavy (non-hydrogen) atoms. The van der Waals surface area contributed by atoms with Gasteiger partial charge in [0.15, 0.2) is 0 Å². The van der Waals surface area contributed by atoms with Crippen LogP contribution in [-0.4, -0.2) is 0 Å². The first-order valence-corrected chi connectivity index (χ1v) is 6.92. The van der Waals surface area contributed by atoms with Crippen LogP contribution in [0, 0.1) is 6.92 Å². The fraction of sp³-hybridized carbons (Fsp3) is 0.0588. The molecule has 2 aromatic carbocycles. The summed E-state index contributed by atoms with van der Waals surface area (Å²) in [5.74, 6) is 0. The summed E-state index contributed by atoms with van der Waals surface area (Å²) in [6.07, 6.45) is 4.37. The van der Waals surface area contributed by atoms with Gasteiger partial charge in [0.05, 0.1) is 0 Å². The smallest absolute Gasteiger partial charge is 0.0348 e. The molecular formula is C17H14S. The lowest BCUT2D eigenvalue weighted by atomic mass is 10.1. The summed E-state index contributed by atoms with van der Waals surface area (Å²) in [7, 11) is 0. The highest BCUT2D eigenvalue weighted by Gasteiger charge is 1.99. The minimum Gasteiger partial charge on any atom is -0.143 e. The highest BCUT2D eigenvalue weighted by Crippen LogP contribution is 2.27. The molecule has 0 N–H and O–H groups in total. The highest BCUT2D eigenvalue weighted by molar-refractivity contribution is 7.17. The second-order valence-corrected chi connectivity index (χ2v) is 5.34. The van der Waals surface area contributed by atoms with Crippen molar-refractivity contribution in [3.8, 4) is 0 Å². The lowest BCUT2D eigenvalue weighted by Gasteiger charge is -1.95. The molecule has 0 aliphatic heterocycles. The third kappa shape index (κ3) is 2.22. The molecule has 1 heteroatoms. The van der Waals surface area contributed by atoms with E-state index in [1.54, 1.807) is 11.3 Å². The predicted octanol–water partition coefficient (Wildman–Crippen LogP) is 5.38. The Morgan fingerprint density at radius 2 is 1.67 bits per heavy atom. The summed E-state index contributed by atoms with van der Waals surface area (Å²) < 4.78 is 1.35. The van der Waals surface area contributed by atoms with Crippen LogP contribution in [0.5, 0.6) is 0 Å². The molecule has 0 saturated heterocycles. The molecule has 0 radical (unpaired) electrons. The number of fused-ring (bicyclic) bond motifs is 1. The van der Waals surface area contributed by atoms with Gasteiger partial charge in [-0.15, -0.1) is 11.3 Å². The first-order valence-electron chi connectivity index (χ1n) is 6.04. The first kappa shape index (κ1) is 11.2. The summed E-state index contributed by atoms with van der Waals surface area (Å²) in [6.45, 7) is 2.11. The van der Waals surface area contributed by atoms with E-state index in [0.717, 1.165) is 0 Å². The fourth-order valence-corrected chi connectivity index (χ4v) is 2.92. The molecular weight excluding hydrogens is 236 g/mol. The van der Waals surface area contributed by atoms with E-state index in [-0.39, 0.29) is 0 Å². The van der Waals surface area contributed by atoms with Crippen LogP contribution in [0.2, 0.25) is 0 Å². The maximum Gasteiger partial charge on any atom is 0.0348 e. The van der Waals surface area contributed by atoms with Crippen LogP contribution in [0.25, 0.3) is 22.2 Å². The van der Waals surface area contributed by atoms with E-state index in [1.807, 2.05) is 0 Å². The molecule has 0 bridgehead atoms. The normalized spacial score (nSPS) is 11.4. The Labute approximate surface area is 111 Å². The molecule has 3 aromatic rings. The topological polar surface area (TPSA) is 0 Å². The van der Waals surface area contributed by atoms with E-state index >= 15 is 0 Å². The zero-order valence-corrected chi connectivity index (χ0v) is 11.1. The van der Waals surface area contributed by atoms with Crippen LogP contribution in [0.1, 0.15) is 16.7 Å². The van der Waals surface area contributed by atoms with Gasteiger partial charge >= 0.3 is 0 Å². The number of thiophene rings is 1. The minimum absolute atomic E-state index is 1.25. The second-order valence-electron chi connectivity index (χ2n) is 4.43. The molecule has 0 atom stereocenters. The third-order valence-corrected chi connectivity index (χ3v) is 4.03. The maximum absolute atomic E-state index is 2.22. The average Bonchev–Trinajstić information content (AvgIpc) is 2.82. The molecule has 0 spiro atoms. The van der Waals surface area contributed by atoms with Crippen molar-refractivity contribution in [2.75, 3.05) is 0 Å². The van der Waals surface area contributed by atoms with Crippen molar-refractivity contribution in [3.05, 3.63) is 70.6 Å². The van der Waals surface area contributed by atoms with Gasteiger partial charge in [0.2, 0.25) is 0 Å². The standard InChI is InChI=1S/C17H14S/c1-13-6-8-14(9-7-13)10-11-15-12-18-17-5-3-2-4-16(15)17/h2-12H,1H3/b11-10-. The highest BCUT2D eigenvalue weighted by atomic mass is 32.1. The minimum atomic E-state index is 1.25. The molecule has 1 aromatic heterocycles. The Morgan fingerprint density at radius 3 is 2.50 bits per heavy atom. The number of hydrogen-bond donors (Lipinski definition) is 0. The van der Waals surface area contributed by atoms with Gasteiger partial charge in [-0.05, 0) is 34.9 Å². The fourth-order valence-electron chi connectivity index (χ4n) is 1.99. The molecule has 0 nitrogen and oxygen atoms in total. The largest absolute Gasteiger partial charge is 0.143 e. The van der Waals surface area contributed by atoms with Gasteiger partial charge in [0, 0.05) is 4.70 Å². The van der Waals surface area contributed by atoms with E-state index in [1.165, 1.54) is 26.8 Å². The SMILES string of the molecule is Cc1ccc(/C=C\c2csc3ccccc23)cc1. The first-order chi connectivity index (χ1) is 8.83. The Morgan fingerprint density at radius 1 is 0.889 bits per heavy atom. The number of rotatable bonds is 2. The van der Waals surface area contributed by atoms with Crippen LogP contribution in [-0.2, 0) is 0 Å². The van der Waals surface area contributed by atoms with E-state index in [9.17, 15) is 0 Å². The molecule has 0 aliphatic rings. The summed E-state index contributed by atoms with van der Waals surface area (Å²) >= 11 is 1.80. The number of aryl methyl sites for hydroxylation is 1. The van der Waals surface area contributed by atoms with Crippen molar-refractivity contribution < 1.29 is 0 Å². The molecule has 0 saturated carbocycles. The Kier molecular flexibility index (Phi) is 2.99. The van der Waals surface area contributed by atoms with Gasteiger partial charge in [0.1, 0.15) is 0 Å². The zero-order chi connectivity index (χ0) is 12.4. The summed E-state index contributed by atoms with van der Waals surface area (Å²) in [5, 5.41) is 3.56. The Bertz CT molecular complexity index is 687. The van der Waals surface area contributed by atoms with Crippen LogP contribution >= 0.6 is 11.3 Å². The maximum atomic E-state index is 2.22. The monoisotopic (exact) mass is 250 g/mol. The molecule has 0 unspecified atom stereocenters. The summed E-state index contributed by atoms with van der Waals surface area (Å²) in [4.78, 5) is 0. The van der Waals surface area contributed by atoms with Gasteiger partial charge in [-0.3, -0.25) is 0 Å². The van der Waals surface area contributed by atoms with E-state index < -0.39 is 0 Å². The summed E-state index contributed by atoms with van der Waals surface area (Å²) in [5.41, 5.74) is 3.85. The quantitative estimate of drug-likeness (QED) is 0.572. The van der Waals surface area contributed by atoms with Crippen LogP contribution in [0.15, 0.2) is 53.9 Å². The van der Waals surface area contributed by atoms with Gasteiger partial charge < -0.3 is 0 Å². The van der Waals surface area contributed by atoms with Crippen molar-refractivity contribution in [3.63, 3.8) is 0 Å². The van der Waals surface area contributed by atoms with Gasteiger partial charge in [0.25, 0.3) is 0 Å². The summed E-state index contributed by atoms with van der Waals surface area (Å²) in [6, 6.07) is 17.1. The van der Waals surface area contributed by atoms with E-state index in [4.69, 9.17) is 0 Å². The van der Waals surface area contributed by atoms with Crippen LogP contribution in [0.3, 0.4) is 0 Å². The van der Waals surface area contributed by atoms with Crippen molar-refractivity contribution in [1.82, 2.24) is 0 Å². The van der Waals surface area contributed by atoms with Crippen LogP contribution < -0.4 is 0 Å². The van der Waals surface area contributed by atoms with Gasteiger partial charge in [-0.2, -0.15) is 0 Å². The average molecular weight is 250 g/mol. The Balaban J connectivity index is 1.94. The Hall–Kier alpha value is -1.86. The lowest BCUT2D eigenvalue weighted by Crippen LogP contribution is -1.73. The van der Waals surface area contributed by atoms with Crippen LogP contribution in [0.4, 0.5) is 0 Å². The predicted molar refractivity (Wildman–Crippen MR) is 81.9 cm³/mol. The number of hydrogen-bond acceptors (Lipinski definition) is 1. The lowest BCUT2D eigenvalue weighted by molar-refractivity contribution is 1.46. The molecule has 0 fully saturated rings. The number of benzene rings is 2. The molecule has 3 rings (SSSR count). The second kappa shape index (κ2) is 4.79. The van der Waals surface area contributed by atoms with Gasteiger partial charge in [-0.1, -0.05) is 60.2 Å². The van der Waals surface area contributed by atoms with E-state index in [2.05, 4.69) is 73.0 Å². The van der Waals surface area contributed by atoms with Crippen molar-refractivity contribution >= 4 is 33.6 Å². The molecule has 1 heterocycles. The van der Waals surface area contributed by atoms with Crippen molar-refractivity contribution in [2.24, 2.45) is 0 Å². The molecule has 88 valence electrons. The molecule has 0 amide bonds. The van der Waals surface area contributed by atoms with Crippen molar-refractivity contribution in [2.45, 2.75) is 6.92 Å². The van der Waals surface area contributed by atoms with Crippen molar-refractivity contribution in [1.29, 1.82) is 0 Å². The molecule has 0 aliphatic carbocycles. The third-order valence-electron chi connectivity index (χ3n) is 3.04. The van der Waals surface area contributed by atoms with Gasteiger partial charge in [-0.25, -0.2) is 0 Å². The zero-order valence-electron chi connectivity index (χ0n) is 10.3.